The van der Waals surface area contributed by atoms with Gasteiger partial charge in [0.1, 0.15) is 5.82 Å². The van der Waals surface area contributed by atoms with Gasteiger partial charge in [-0.1, -0.05) is 11.6 Å². The highest BCUT2D eigenvalue weighted by atomic mass is 79.9. The van der Waals surface area contributed by atoms with E-state index in [0.29, 0.717) is 18.0 Å². The van der Waals surface area contributed by atoms with Gasteiger partial charge in [-0.05, 0) is 28.9 Å². The molecule has 0 amide bonds. The zero-order valence-electron chi connectivity index (χ0n) is 8.37. The number of nitriles is 1. The summed E-state index contributed by atoms with van der Waals surface area (Å²) in [4.78, 5) is 6.27. The van der Waals surface area contributed by atoms with Gasteiger partial charge in [0.15, 0.2) is 0 Å². The minimum Gasteiger partial charge on any atom is -0.355 e. The van der Waals surface area contributed by atoms with Crippen molar-refractivity contribution in [2.75, 3.05) is 18.0 Å². The van der Waals surface area contributed by atoms with Gasteiger partial charge < -0.3 is 4.90 Å². The van der Waals surface area contributed by atoms with Gasteiger partial charge in [0, 0.05) is 19.3 Å². The molecule has 80 valence electrons. The Morgan fingerprint density at radius 3 is 2.93 bits per heavy atom. The summed E-state index contributed by atoms with van der Waals surface area (Å²) < 4.78 is 0.856. The zero-order valence-corrected chi connectivity index (χ0v) is 10.7. The van der Waals surface area contributed by atoms with Crippen molar-refractivity contribution in [2.24, 2.45) is 0 Å². The Balaban J connectivity index is 2.87. The van der Waals surface area contributed by atoms with Crippen LogP contribution in [0.1, 0.15) is 13.3 Å². The minimum absolute atomic E-state index is 0.491. The number of hydrogen-bond donors (Lipinski definition) is 0. The molecule has 0 aliphatic carbocycles. The Hall–Kier alpha value is -0.790. The van der Waals surface area contributed by atoms with E-state index in [2.05, 4.69) is 27.0 Å². The summed E-state index contributed by atoms with van der Waals surface area (Å²) in [6.45, 7) is 3.52. The number of pyridine rings is 1. The van der Waals surface area contributed by atoms with Crippen molar-refractivity contribution in [3.05, 3.63) is 21.8 Å². The van der Waals surface area contributed by atoms with Crippen LogP contribution in [0, 0.1) is 11.3 Å². The summed E-state index contributed by atoms with van der Waals surface area (Å²) in [6.07, 6.45) is 2.10. The van der Waals surface area contributed by atoms with Gasteiger partial charge in [0.25, 0.3) is 0 Å². The molecule has 15 heavy (non-hydrogen) atoms. The minimum atomic E-state index is 0.491. The molecule has 0 unspecified atom stereocenters. The monoisotopic (exact) mass is 287 g/mol. The Morgan fingerprint density at radius 2 is 2.40 bits per heavy atom. The van der Waals surface area contributed by atoms with Crippen LogP contribution in [0.25, 0.3) is 0 Å². The standard InChI is InChI=1S/C10H11BrClN3/c1-2-15(5-3-4-13)10-9(11)6-8(12)7-14-10/h6-7H,2-3,5H2,1H3. The highest BCUT2D eigenvalue weighted by molar-refractivity contribution is 9.10. The van der Waals surface area contributed by atoms with E-state index >= 15 is 0 Å². The molecule has 3 nitrogen and oxygen atoms in total. The van der Waals surface area contributed by atoms with Crippen LogP contribution in [0.2, 0.25) is 5.02 Å². The van der Waals surface area contributed by atoms with Gasteiger partial charge in [-0.15, -0.1) is 0 Å². The molecule has 0 aliphatic rings. The van der Waals surface area contributed by atoms with Crippen molar-refractivity contribution < 1.29 is 0 Å². The predicted molar refractivity (Wildman–Crippen MR) is 65.1 cm³/mol. The Labute approximate surface area is 103 Å². The smallest absolute Gasteiger partial charge is 0.142 e. The highest BCUT2D eigenvalue weighted by Crippen LogP contribution is 2.26. The van der Waals surface area contributed by atoms with Crippen molar-refractivity contribution in [1.82, 2.24) is 4.98 Å². The highest BCUT2D eigenvalue weighted by Gasteiger charge is 2.09. The molecule has 0 aliphatic heterocycles. The van der Waals surface area contributed by atoms with Crippen LogP contribution < -0.4 is 4.90 Å². The van der Waals surface area contributed by atoms with Crippen LogP contribution in [-0.2, 0) is 0 Å². The lowest BCUT2D eigenvalue weighted by molar-refractivity contribution is 0.808. The van der Waals surface area contributed by atoms with E-state index < -0.39 is 0 Å². The van der Waals surface area contributed by atoms with Crippen LogP contribution in [0.5, 0.6) is 0 Å². The summed E-state index contributed by atoms with van der Waals surface area (Å²) in [7, 11) is 0. The fourth-order valence-corrected chi connectivity index (χ4v) is 2.13. The van der Waals surface area contributed by atoms with Gasteiger partial charge in [0.2, 0.25) is 0 Å². The summed E-state index contributed by atoms with van der Waals surface area (Å²) in [5.41, 5.74) is 0. The summed E-state index contributed by atoms with van der Waals surface area (Å²) >= 11 is 9.21. The maximum absolute atomic E-state index is 8.54. The van der Waals surface area contributed by atoms with Crippen molar-refractivity contribution in [1.29, 1.82) is 5.26 Å². The molecule has 5 heteroatoms. The van der Waals surface area contributed by atoms with E-state index in [1.165, 1.54) is 0 Å². The first kappa shape index (κ1) is 12.3. The largest absolute Gasteiger partial charge is 0.355 e. The number of halogens is 2. The molecule has 1 rings (SSSR count). The maximum atomic E-state index is 8.54. The van der Waals surface area contributed by atoms with Crippen molar-refractivity contribution in [3.8, 4) is 6.07 Å². The molecular formula is C10H11BrClN3. The summed E-state index contributed by atoms with van der Waals surface area (Å²) in [5.74, 6) is 0.831. The molecule has 0 aromatic carbocycles. The van der Waals surface area contributed by atoms with Crippen LogP contribution in [0.15, 0.2) is 16.7 Å². The molecule has 1 aromatic heterocycles. The Kier molecular flexibility index (Phi) is 4.86. The number of aromatic nitrogens is 1. The average molecular weight is 289 g/mol. The fraction of sp³-hybridized carbons (Fsp3) is 0.400. The van der Waals surface area contributed by atoms with Gasteiger partial charge in [-0.25, -0.2) is 4.98 Å². The molecule has 0 N–H and O–H groups in total. The van der Waals surface area contributed by atoms with Crippen LogP contribution >= 0.6 is 27.5 Å². The number of hydrogen-bond acceptors (Lipinski definition) is 3. The van der Waals surface area contributed by atoms with Gasteiger partial charge in [-0.3, -0.25) is 0 Å². The summed E-state index contributed by atoms with van der Waals surface area (Å²) in [5, 5.41) is 9.14. The lowest BCUT2D eigenvalue weighted by atomic mass is 10.3. The first-order valence-electron chi connectivity index (χ1n) is 4.62. The molecule has 0 saturated carbocycles. The third-order valence-corrected chi connectivity index (χ3v) is 2.75. The molecule has 0 radical (unpaired) electrons. The van der Waals surface area contributed by atoms with Crippen LogP contribution in [-0.4, -0.2) is 18.1 Å². The van der Waals surface area contributed by atoms with Gasteiger partial charge >= 0.3 is 0 Å². The first-order valence-corrected chi connectivity index (χ1v) is 5.79. The second-order valence-corrected chi connectivity index (χ2v) is 4.24. The van der Waals surface area contributed by atoms with Crippen molar-refractivity contribution in [3.63, 3.8) is 0 Å². The summed E-state index contributed by atoms with van der Waals surface area (Å²) in [6, 6.07) is 3.93. The average Bonchev–Trinajstić information content (AvgIpc) is 2.21. The third kappa shape index (κ3) is 3.37. The van der Waals surface area contributed by atoms with E-state index in [-0.39, 0.29) is 0 Å². The third-order valence-electron chi connectivity index (χ3n) is 1.96. The molecule has 1 heterocycles. The molecular weight excluding hydrogens is 277 g/mol. The normalized spacial score (nSPS) is 9.73. The maximum Gasteiger partial charge on any atom is 0.142 e. The van der Waals surface area contributed by atoms with Gasteiger partial charge in [-0.2, -0.15) is 5.26 Å². The van der Waals surface area contributed by atoms with Gasteiger partial charge in [0.05, 0.1) is 22.0 Å². The Bertz CT molecular complexity index is 375. The van der Waals surface area contributed by atoms with E-state index in [9.17, 15) is 0 Å². The first-order chi connectivity index (χ1) is 7.19. The Morgan fingerprint density at radius 1 is 1.67 bits per heavy atom. The molecule has 0 bridgehead atoms. The number of nitrogens with zero attached hydrogens (tertiary/aromatic N) is 3. The van der Waals surface area contributed by atoms with Crippen molar-refractivity contribution >= 4 is 33.3 Å². The lowest BCUT2D eigenvalue weighted by Gasteiger charge is -2.21. The SMILES string of the molecule is CCN(CCC#N)c1ncc(Cl)cc1Br. The second kappa shape index (κ2) is 5.94. The fourth-order valence-electron chi connectivity index (χ4n) is 1.24. The quantitative estimate of drug-likeness (QED) is 0.854. The zero-order chi connectivity index (χ0) is 11.3. The molecule has 0 fully saturated rings. The van der Waals surface area contributed by atoms with E-state index in [1.54, 1.807) is 12.3 Å². The van der Waals surface area contributed by atoms with E-state index in [0.717, 1.165) is 16.8 Å². The molecule has 1 aromatic rings. The number of anilines is 1. The molecule has 0 atom stereocenters. The second-order valence-electron chi connectivity index (χ2n) is 2.95. The lowest BCUT2D eigenvalue weighted by Crippen LogP contribution is -2.25. The van der Waals surface area contributed by atoms with E-state index in [4.69, 9.17) is 16.9 Å². The van der Waals surface area contributed by atoms with E-state index in [1.807, 2.05) is 11.8 Å². The van der Waals surface area contributed by atoms with Crippen molar-refractivity contribution in [2.45, 2.75) is 13.3 Å². The number of rotatable bonds is 4. The predicted octanol–water partition coefficient (Wildman–Crippen LogP) is 3.24. The van der Waals surface area contributed by atoms with Crippen LogP contribution in [0.3, 0.4) is 0 Å². The molecule has 0 spiro atoms. The van der Waals surface area contributed by atoms with Crippen LogP contribution in [0.4, 0.5) is 5.82 Å². The molecule has 0 saturated heterocycles. The topological polar surface area (TPSA) is 39.9 Å².